The van der Waals surface area contributed by atoms with Crippen LogP contribution < -0.4 is 10.6 Å². The quantitative estimate of drug-likeness (QED) is 0.615. The summed E-state index contributed by atoms with van der Waals surface area (Å²) in [6, 6.07) is 4.64. The maximum absolute atomic E-state index is 7.48. The number of nitrogens with zero attached hydrogens (tertiary/aromatic N) is 3. The molecule has 2 saturated heterocycles. The maximum Gasteiger partial charge on any atom is 0.141 e. The summed E-state index contributed by atoms with van der Waals surface area (Å²) in [5.41, 5.74) is 7.23. The number of hydrogen-bond donors (Lipinski definition) is 2. The van der Waals surface area contributed by atoms with Crippen molar-refractivity contribution in [2.45, 2.75) is 25.3 Å². The summed E-state index contributed by atoms with van der Waals surface area (Å²) in [6.45, 7) is 4.54. The zero-order chi connectivity index (χ0) is 13.2. The normalized spacial score (nSPS) is 24.0. The Morgan fingerprint density at radius 2 is 2.21 bits per heavy atom. The zero-order valence-corrected chi connectivity index (χ0v) is 11.2. The van der Waals surface area contributed by atoms with Crippen molar-refractivity contribution in [3.63, 3.8) is 0 Å². The second-order valence-corrected chi connectivity index (χ2v) is 5.44. The highest BCUT2D eigenvalue weighted by Gasteiger charge is 2.28. The number of pyridine rings is 1. The Hall–Kier alpha value is -1.62. The molecule has 0 bridgehead atoms. The molecule has 0 amide bonds. The minimum atomic E-state index is 0.0400. The number of hydrogen-bond acceptors (Lipinski definition) is 4. The van der Waals surface area contributed by atoms with E-state index in [1.807, 2.05) is 12.1 Å². The van der Waals surface area contributed by atoms with Gasteiger partial charge in [0.1, 0.15) is 11.5 Å². The average molecular weight is 259 g/mol. The molecule has 3 heterocycles. The number of nitrogens with two attached hydrogens (primary N) is 1. The number of amidine groups is 1. The van der Waals surface area contributed by atoms with Crippen molar-refractivity contribution in [3.8, 4) is 0 Å². The first-order chi connectivity index (χ1) is 9.24. The Bertz CT molecular complexity index is 473. The molecule has 1 aromatic heterocycles. The number of nitrogen functional groups attached to an aromatic ring is 1. The van der Waals surface area contributed by atoms with Crippen LogP contribution in [0.4, 0.5) is 5.69 Å². The van der Waals surface area contributed by atoms with Crippen LogP contribution in [0.3, 0.4) is 0 Å². The van der Waals surface area contributed by atoms with Gasteiger partial charge in [-0.15, -0.1) is 0 Å². The van der Waals surface area contributed by atoms with Crippen LogP contribution in [-0.4, -0.2) is 47.9 Å². The third kappa shape index (κ3) is 2.56. The molecule has 5 nitrogen and oxygen atoms in total. The van der Waals surface area contributed by atoms with Gasteiger partial charge in [0, 0.05) is 37.6 Å². The first-order valence-electron chi connectivity index (χ1n) is 7.03. The van der Waals surface area contributed by atoms with E-state index in [0.717, 1.165) is 25.3 Å². The minimum Gasteiger partial charge on any atom is -0.382 e. The fraction of sp³-hybridized carbons (Fsp3) is 0.571. The van der Waals surface area contributed by atoms with Gasteiger partial charge in [-0.25, -0.2) is 0 Å². The SMILES string of the molecule is N=C(N)c1cc(N2CCN3CCCCC3C2)ccn1. The molecular weight excluding hydrogens is 238 g/mol. The number of piperazine rings is 1. The summed E-state index contributed by atoms with van der Waals surface area (Å²) in [5.74, 6) is 0.0400. The van der Waals surface area contributed by atoms with Crippen LogP contribution in [-0.2, 0) is 0 Å². The Kier molecular flexibility index (Phi) is 3.38. The minimum absolute atomic E-state index is 0.0400. The molecular formula is C14H21N5. The number of anilines is 1. The van der Waals surface area contributed by atoms with Gasteiger partial charge in [0.15, 0.2) is 0 Å². The molecule has 0 aliphatic carbocycles. The molecule has 0 radical (unpaired) electrons. The van der Waals surface area contributed by atoms with Crippen molar-refractivity contribution in [2.75, 3.05) is 31.1 Å². The van der Waals surface area contributed by atoms with Crippen LogP contribution in [0, 0.1) is 5.41 Å². The van der Waals surface area contributed by atoms with E-state index in [0.29, 0.717) is 11.7 Å². The first-order valence-corrected chi connectivity index (χ1v) is 7.03. The predicted octanol–water partition coefficient (Wildman–Crippen LogP) is 1.04. The van der Waals surface area contributed by atoms with Gasteiger partial charge in [-0.05, 0) is 31.5 Å². The van der Waals surface area contributed by atoms with Gasteiger partial charge in [0.25, 0.3) is 0 Å². The van der Waals surface area contributed by atoms with Gasteiger partial charge in [-0.1, -0.05) is 6.42 Å². The van der Waals surface area contributed by atoms with Gasteiger partial charge in [0.2, 0.25) is 0 Å². The topological polar surface area (TPSA) is 69.2 Å². The van der Waals surface area contributed by atoms with Crippen molar-refractivity contribution >= 4 is 11.5 Å². The van der Waals surface area contributed by atoms with Crippen LogP contribution in [0.1, 0.15) is 25.0 Å². The van der Waals surface area contributed by atoms with Crippen molar-refractivity contribution < 1.29 is 0 Å². The average Bonchev–Trinajstić information content (AvgIpc) is 2.47. The molecule has 1 aromatic rings. The fourth-order valence-corrected chi connectivity index (χ4v) is 3.15. The summed E-state index contributed by atoms with van der Waals surface area (Å²) < 4.78 is 0. The van der Waals surface area contributed by atoms with Gasteiger partial charge >= 0.3 is 0 Å². The van der Waals surface area contributed by atoms with Gasteiger partial charge < -0.3 is 10.6 Å². The van der Waals surface area contributed by atoms with E-state index in [4.69, 9.17) is 11.1 Å². The van der Waals surface area contributed by atoms with Gasteiger partial charge in [0.05, 0.1) is 0 Å². The van der Waals surface area contributed by atoms with E-state index in [2.05, 4.69) is 14.8 Å². The lowest BCUT2D eigenvalue weighted by atomic mass is 9.99. The molecule has 19 heavy (non-hydrogen) atoms. The molecule has 3 rings (SSSR count). The second-order valence-electron chi connectivity index (χ2n) is 5.44. The molecule has 1 atom stereocenters. The number of nitrogens with one attached hydrogen (secondary N) is 1. The summed E-state index contributed by atoms with van der Waals surface area (Å²) in [5, 5.41) is 7.48. The van der Waals surface area contributed by atoms with E-state index in [-0.39, 0.29) is 5.84 Å². The molecule has 3 N–H and O–H groups in total. The van der Waals surface area contributed by atoms with Crippen molar-refractivity contribution in [1.29, 1.82) is 5.41 Å². The van der Waals surface area contributed by atoms with Crippen LogP contribution in [0.2, 0.25) is 0 Å². The van der Waals surface area contributed by atoms with Gasteiger partial charge in [-0.2, -0.15) is 0 Å². The van der Waals surface area contributed by atoms with Crippen LogP contribution in [0.25, 0.3) is 0 Å². The maximum atomic E-state index is 7.48. The van der Waals surface area contributed by atoms with Crippen LogP contribution in [0.5, 0.6) is 0 Å². The van der Waals surface area contributed by atoms with E-state index in [1.54, 1.807) is 6.20 Å². The molecule has 2 fully saturated rings. The highest BCUT2D eigenvalue weighted by atomic mass is 15.3. The fourth-order valence-electron chi connectivity index (χ4n) is 3.15. The van der Waals surface area contributed by atoms with Crippen molar-refractivity contribution in [1.82, 2.24) is 9.88 Å². The first kappa shape index (κ1) is 12.4. The Morgan fingerprint density at radius 1 is 1.32 bits per heavy atom. The smallest absolute Gasteiger partial charge is 0.141 e. The van der Waals surface area contributed by atoms with Crippen molar-refractivity contribution in [2.24, 2.45) is 5.73 Å². The van der Waals surface area contributed by atoms with E-state index < -0.39 is 0 Å². The lowest BCUT2D eigenvalue weighted by Gasteiger charge is -2.44. The van der Waals surface area contributed by atoms with Gasteiger partial charge in [-0.3, -0.25) is 15.3 Å². The highest BCUT2D eigenvalue weighted by molar-refractivity contribution is 5.93. The molecule has 102 valence electrons. The predicted molar refractivity (Wildman–Crippen MR) is 76.7 cm³/mol. The van der Waals surface area contributed by atoms with E-state index in [9.17, 15) is 0 Å². The lowest BCUT2D eigenvalue weighted by Crippen LogP contribution is -2.54. The Morgan fingerprint density at radius 3 is 3.05 bits per heavy atom. The Balaban J connectivity index is 1.75. The number of aromatic nitrogens is 1. The number of fused-ring (bicyclic) bond motifs is 1. The highest BCUT2D eigenvalue weighted by Crippen LogP contribution is 2.24. The standard InChI is InChI=1S/C14H21N5/c15-14(16)13-9-11(4-5-17-13)19-8-7-18-6-2-1-3-12(18)10-19/h4-5,9,12H,1-3,6-8,10H2,(H3,15,16). The molecule has 1 unspecified atom stereocenters. The molecule has 2 aliphatic heterocycles. The van der Waals surface area contributed by atoms with E-state index >= 15 is 0 Å². The summed E-state index contributed by atoms with van der Waals surface area (Å²) in [4.78, 5) is 9.15. The largest absolute Gasteiger partial charge is 0.382 e. The zero-order valence-electron chi connectivity index (χ0n) is 11.2. The number of rotatable bonds is 2. The summed E-state index contributed by atoms with van der Waals surface area (Å²) in [6.07, 6.45) is 5.75. The molecule has 5 heteroatoms. The number of piperidine rings is 1. The summed E-state index contributed by atoms with van der Waals surface area (Å²) >= 11 is 0. The summed E-state index contributed by atoms with van der Waals surface area (Å²) in [7, 11) is 0. The molecule has 0 aromatic carbocycles. The lowest BCUT2D eigenvalue weighted by molar-refractivity contribution is 0.133. The van der Waals surface area contributed by atoms with E-state index in [1.165, 1.54) is 25.8 Å². The molecule has 0 saturated carbocycles. The third-order valence-corrected chi connectivity index (χ3v) is 4.22. The molecule has 2 aliphatic rings. The Labute approximate surface area is 113 Å². The monoisotopic (exact) mass is 259 g/mol. The second kappa shape index (κ2) is 5.17. The third-order valence-electron chi connectivity index (χ3n) is 4.22. The van der Waals surface area contributed by atoms with Crippen LogP contribution >= 0.6 is 0 Å². The van der Waals surface area contributed by atoms with Crippen molar-refractivity contribution in [3.05, 3.63) is 24.0 Å². The molecule has 0 spiro atoms. The van der Waals surface area contributed by atoms with Crippen LogP contribution in [0.15, 0.2) is 18.3 Å².